The first-order chi connectivity index (χ1) is 10.6. The summed E-state index contributed by atoms with van der Waals surface area (Å²) in [6.07, 6.45) is 2.70. The molecule has 0 saturated carbocycles. The number of halogens is 2. The third kappa shape index (κ3) is 3.52. The van der Waals surface area contributed by atoms with E-state index >= 15 is 0 Å². The van der Waals surface area contributed by atoms with Crippen LogP contribution in [0.25, 0.3) is 0 Å². The second-order valence-corrected chi connectivity index (χ2v) is 6.47. The second kappa shape index (κ2) is 6.84. The van der Waals surface area contributed by atoms with Gasteiger partial charge in [0, 0.05) is 30.7 Å². The summed E-state index contributed by atoms with van der Waals surface area (Å²) in [4.78, 5) is 14.4. The maximum Gasteiger partial charge on any atom is 0.223 e. The van der Waals surface area contributed by atoms with Gasteiger partial charge < -0.3 is 15.5 Å². The molecule has 2 aliphatic heterocycles. The highest BCUT2D eigenvalue weighted by Crippen LogP contribution is 2.25. The van der Waals surface area contributed by atoms with Crippen molar-refractivity contribution in [2.24, 2.45) is 5.92 Å². The Morgan fingerprint density at radius 2 is 2.09 bits per heavy atom. The summed E-state index contributed by atoms with van der Waals surface area (Å²) in [7, 11) is 0. The average molecular weight is 326 g/mol. The standard InChI is InChI=1S/C16H21ClFN3O/c17-14-2-1-13(9-15(14)18)21-8-5-12(10-21)20-16(22)11-3-6-19-7-4-11/h1-2,9,11-12,19H,3-8,10H2,(H,20,22). The van der Waals surface area contributed by atoms with Crippen LogP contribution >= 0.6 is 11.6 Å². The second-order valence-electron chi connectivity index (χ2n) is 6.06. The molecule has 0 aliphatic carbocycles. The summed E-state index contributed by atoms with van der Waals surface area (Å²) >= 11 is 5.72. The summed E-state index contributed by atoms with van der Waals surface area (Å²) in [5.41, 5.74) is 0.820. The van der Waals surface area contributed by atoms with Crippen molar-refractivity contribution in [1.29, 1.82) is 0 Å². The zero-order valence-corrected chi connectivity index (χ0v) is 13.2. The van der Waals surface area contributed by atoms with E-state index < -0.39 is 5.82 Å². The first kappa shape index (κ1) is 15.6. The number of anilines is 1. The van der Waals surface area contributed by atoms with Crippen LogP contribution in [0.1, 0.15) is 19.3 Å². The maximum atomic E-state index is 13.5. The predicted molar refractivity (Wildman–Crippen MR) is 85.8 cm³/mol. The highest BCUT2D eigenvalue weighted by molar-refractivity contribution is 6.30. The first-order valence-corrected chi connectivity index (χ1v) is 8.22. The third-order valence-corrected chi connectivity index (χ3v) is 4.82. The number of piperidine rings is 1. The molecule has 1 unspecified atom stereocenters. The van der Waals surface area contributed by atoms with Gasteiger partial charge in [-0.3, -0.25) is 4.79 Å². The summed E-state index contributed by atoms with van der Waals surface area (Å²) in [5.74, 6) is -0.111. The molecule has 6 heteroatoms. The van der Waals surface area contributed by atoms with E-state index in [9.17, 15) is 9.18 Å². The van der Waals surface area contributed by atoms with Crippen LogP contribution in [0.5, 0.6) is 0 Å². The number of carbonyl (C=O) groups excluding carboxylic acids is 1. The normalized spacial score (nSPS) is 22.8. The largest absolute Gasteiger partial charge is 0.369 e. The minimum absolute atomic E-state index is 0.128. The molecule has 120 valence electrons. The van der Waals surface area contributed by atoms with Gasteiger partial charge in [0.25, 0.3) is 0 Å². The Bertz CT molecular complexity index is 548. The van der Waals surface area contributed by atoms with Gasteiger partial charge >= 0.3 is 0 Å². The lowest BCUT2D eigenvalue weighted by atomic mass is 9.97. The number of rotatable bonds is 3. The van der Waals surface area contributed by atoms with Crippen molar-refractivity contribution in [2.45, 2.75) is 25.3 Å². The van der Waals surface area contributed by atoms with Gasteiger partial charge in [-0.05, 0) is 50.6 Å². The molecule has 2 N–H and O–H groups in total. The molecule has 0 radical (unpaired) electrons. The van der Waals surface area contributed by atoms with E-state index in [-0.39, 0.29) is 22.9 Å². The van der Waals surface area contributed by atoms with Gasteiger partial charge in [-0.2, -0.15) is 0 Å². The topological polar surface area (TPSA) is 44.4 Å². The molecular weight excluding hydrogens is 305 g/mol. The quantitative estimate of drug-likeness (QED) is 0.895. The van der Waals surface area contributed by atoms with E-state index in [0.717, 1.165) is 51.1 Å². The number of hydrogen-bond donors (Lipinski definition) is 2. The van der Waals surface area contributed by atoms with Crippen LogP contribution in [0.15, 0.2) is 18.2 Å². The van der Waals surface area contributed by atoms with Crippen LogP contribution < -0.4 is 15.5 Å². The molecule has 1 amide bonds. The van der Waals surface area contributed by atoms with Gasteiger partial charge in [-0.1, -0.05) is 11.6 Å². The summed E-state index contributed by atoms with van der Waals surface area (Å²) in [6, 6.07) is 5.00. The minimum atomic E-state index is -0.402. The van der Waals surface area contributed by atoms with Gasteiger partial charge in [0.1, 0.15) is 5.82 Å². The van der Waals surface area contributed by atoms with Crippen LogP contribution in [0.3, 0.4) is 0 Å². The Hall–Kier alpha value is -1.33. The van der Waals surface area contributed by atoms with Crippen molar-refractivity contribution in [3.8, 4) is 0 Å². The van der Waals surface area contributed by atoms with E-state index in [0.29, 0.717) is 0 Å². The Kier molecular flexibility index (Phi) is 4.84. The molecule has 22 heavy (non-hydrogen) atoms. The number of amides is 1. The molecule has 0 aromatic heterocycles. The van der Waals surface area contributed by atoms with Gasteiger partial charge in [-0.15, -0.1) is 0 Å². The highest BCUT2D eigenvalue weighted by atomic mass is 35.5. The average Bonchev–Trinajstić information content (AvgIpc) is 2.99. The van der Waals surface area contributed by atoms with Gasteiger partial charge in [0.05, 0.1) is 5.02 Å². The van der Waals surface area contributed by atoms with E-state index in [1.165, 1.54) is 6.07 Å². The third-order valence-electron chi connectivity index (χ3n) is 4.51. The lowest BCUT2D eigenvalue weighted by molar-refractivity contribution is -0.126. The number of benzene rings is 1. The lowest BCUT2D eigenvalue weighted by Crippen LogP contribution is -2.43. The van der Waals surface area contributed by atoms with Crippen molar-refractivity contribution >= 4 is 23.2 Å². The Labute approximate surface area is 135 Å². The molecule has 4 nitrogen and oxygen atoms in total. The van der Waals surface area contributed by atoms with E-state index in [1.54, 1.807) is 6.07 Å². The van der Waals surface area contributed by atoms with Crippen LogP contribution in [0, 0.1) is 11.7 Å². The molecule has 2 fully saturated rings. The Morgan fingerprint density at radius 3 is 2.82 bits per heavy atom. The summed E-state index contributed by atoms with van der Waals surface area (Å²) in [5, 5.41) is 6.55. The van der Waals surface area contributed by atoms with E-state index in [2.05, 4.69) is 15.5 Å². The first-order valence-electron chi connectivity index (χ1n) is 7.84. The van der Waals surface area contributed by atoms with Crippen LogP contribution in [0.2, 0.25) is 5.02 Å². The Balaban J connectivity index is 1.55. The highest BCUT2D eigenvalue weighted by Gasteiger charge is 2.28. The Morgan fingerprint density at radius 1 is 1.32 bits per heavy atom. The molecule has 2 aliphatic rings. The monoisotopic (exact) mass is 325 g/mol. The smallest absolute Gasteiger partial charge is 0.223 e. The van der Waals surface area contributed by atoms with E-state index in [1.807, 2.05) is 6.07 Å². The lowest BCUT2D eigenvalue weighted by Gasteiger charge is -2.24. The van der Waals surface area contributed by atoms with Gasteiger partial charge in [-0.25, -0.2) is 4.39 Å². The van der Waals surface area contributed by atoms with Crippen molar-refractivity contribution in [2.75, 3.05) is 31.1 Å². The summed E-state index contributed by atoms with van der Waals surface area (Å²) in [6.45, 7) is 3.37. The van der Waals surface area contributed by atoms with Crippen LogP contribution in [-0.2, 0) is 4.79 Å². The van der Waals surface area contributed by atoms with Crippen LogP contribution in [-0.4, -0.2) is 38.1 Å². The number of nitrogens with one attached hydrogen (secondary N) is 2. The summed E-state index contributed by atoms with van der Waals surface area (Å²) < 4.78 is 13.5. The number of nitrogens with zero attached hydrogens (tertiary/aromatic N) is 1. The molecule has 3 rings (SSSR count). The molecule has 1 aromatic rings. The maximum absolute atomic E-state index is 13.5. The fraction of sp³-hybridized carbons (Fsp3) is 0.562. The molecule has 2 heterocycles. The predicted octanol–water partition coefficient (Wildman–Crippen LogP) is 2.17. The zero-order chi connectivity index (χ0) is 15.5. The molecule has 2 saturated heterocycles. The van der Waals surface area contributed by atoms with Crippen molar-refractivity contribution in [3.05, 3.63) is 29.0 Å². The van der Waals surface area contributed by atoms with Crippen LogP contribution in [0.4, 0.5) is 10.1 Å². The zero-order valence-electron chi connectivity index (χ0n) is 12.4. The van der Waals surface area contributed by atoms with Gasteiger partial charge in [0.15, 0.2) is 0 Å². The minimum Gasteiger partial charge on any atom is -0.369 e. The van der Waals surface area contributed by atoms with E-state index in [4.69, 9.17) is 11.6 Å². The number of hydrogen-bond acceptors (Lipinski definition) is 3. The fourth-order valence-electron chi connectivity index (χ4n) is 3.20. The fourth-order valence-corrected chi connectivity index (χ4v) is 3.32. The number of carbonyl (C=O) groups is 1. The molecule has 1 atom stereocenters. The van der Waals surface area contributed by atoms with Crippen molar-refractivity contribution < 1.29 is 9.18 Å². The molecule has 0 bridgehead atoms. The molecular formula is C16H21ClFN3O. The molecule has 0 spiro atoms. The van der Waals surface area contributed by atoms with Crippen molar-refractivity contribution in [1.82, 2.24) is 10.6 Å². The SMILES string of the molecule is O=C(NC1CCN(c2ccc(Cl)c(F)c2)C1)C1CCNCC1. The van der Waals surface area contributed by atoms with Crippen molar-refractivity contribution in [3.63, 3.8) is 0 Å². The van der Waals surface area contributed by atoms with Gasteiger partial charge in [0.2, 0.25) is 5.91 Å². The molecule has 1 aromatic carbocycles.